The normalized spacial score (nSPS) is 27.9. The number of fused-ring (bicyclic) bond motifs is 5. The molecule has 1 aliphatic heterocycles. The van der Waals surface area contributed by atoms with Gasteiger partial charge in [0.1, 0.15) is 6.04 Å². The standard InChI is InChI=1S/C21H22BrClN2O5/c1-9-14(6-5-13(22)18(9)23)24-15(26)8-30-21(29)10(2)25-19(27)16-11-3-4-12(7-11)17(16)20(25)28/h5-6,10-12,16-17H,3-4,7-8H2,1-2H3,(H,24,26)/t10-,11-,12-,16-,17+/m0/s1. The maximum Gasteiger partial charge on any atom is 0.329 e. The number of hydrogen-bond donors (Lipinski definition) is 1. The first-order valence-corrected chi connectivity index (χ1v) is 11.2. The van der Waals surface area contributed by atoms with E-state index in [1.807, 2.05) is 0 Å². The molecule has 0 spiro atoms. The van der Waals surface area contributed by atoms with E-state index >= 15 is 0 Å². The molecular weight excluding hydrogens is 476 g/mol. The number of nitrogens with one attached hydrogen (secondary N) is 1. The van der Waals surface area contributed by atoms with Crippen LogP contribution in [0, 0.1) is 30.6 Å². The molecule has 1 saturated heterocycles. The van der Waals surface area contributed by atoms with Crippen molar-refractivity contribution in [3.05, 3.63) is 27.2 Å². The van der Waals surface area contributed by atoms with E-state index in [0.717, 1.165) is 24.2 Å². The summed E-state index contributed by atoms with van der Waals surface area (Å²) < 4.78 is 5.80. The van der Waals surface area contributed by atoms with Crippen molar-refractivity contribution < 1.29 is 23.9 Å². The first-order valence-electron chi connectivity index (χ1n) is 9.98. The van der Waals surface area contributed by atoms with Crippen LogP contribution in [-0.2, 0) is 23.9 Å². The van der Waals surface area contributed by atoms with Crippen molar-refractivity contribution in [1.82, 2.24) is 4.90 Å². The molecule has 3 aliphatic rings. The van der Waals surface area contributed by atoms with Gasteiger partial charge in [0.2, 0.25) is 11.8 Å². The predicted molar refractivity (Wildman–Crippen MR) is 113 cm³/mol. The van der Waals surface area contributed by atoms with E-state index in [2.05, 4.69) is 21.2 Å². The first-order chi connectivity index (χ1) is 14.2. The summed E-state index contributed by atoms with van der Waals surface area (Å²) in [6.07, 6.45) is 2.87. The van der Waals surface area contributed by atoms with Crippen molar-refractivity contribution in [3.63, 3.8) is 0 Å². The molecule has 4 rings (SSSR count). The van der Waals surface area contributed by atoms with Crippen LogP contribution < -0.4 is 5.32 Å². The zero-order chi connectivity index (χ0) is 21.7. The Bertz CT molecular complexity index is 924. The summed E-state index contributed by atoms with van der Waals surface area (Å²) in [6, 6.07) is 2.34. The Morgan fingerprint density at radius 1 is 1.23 bits per heavy atom. The van der Waals surface area contributed by atoms with E-state index in [4.69, 9.17) is 16.3 Å². The van der Waals surface area contributed by atoms with E-state index in [9.17, 15) is 19.2 Å². The first kappa shape index (κ1) is 21.3. The Hall–Kier alpha value is -1.93. The Labute approximate surface area is 187 Å². The van der Waals surface area contributed by atoms with Gasteiger partial charge in [-0.3, -0.25) is 19.3 Å². The Morgan fingerprint density at radius 3 is 2.43 bits per heavy atom. The summed E-state index contributed by atoms with van der Waals surface area (Å²) in [7, 11) is 0. The second kappa shape index (κ2) is 7.96. The van der Waals surface area contributed by atoms with Crippen molar-refractivity contribution in [3.8, 4) is 0 Å². The third kappa shape index (κ3) is 3.43. The summed E-state index contributed by atoms with van der Waals surface area (Å²) >= 11 is 9.46. The number of benzene rings is 1. The third-order valence-corrected chi connectivity index (χ3v) is 8.03. The lowest BCUT2D eigenvalue weighted by molar-refractivity contribution is -0.159. The lowest BCUT2D eigenvalue weighted by atomic mass is 9.81. The van der Waals surface area contributed by atoms with E-state index in [1.165, 1.54) is 6.92 Å². The molecule has 0 aromatic heterocycles. The van der Waals surface area contributed by atoms with Crippen molar-refractivity contribution >= 4 is 56.9 Å². The molecule has 30 heavy (non-hydrogen) atoms. The number of hydrogen-bond acceptors (Lipinski definition) is 5. The van der Waals surface area contributed by atoms with Crippen LogP contribution in [0.4, 0.5) is 5.69 Å². The van der Waals surface area contributed by atoms with Gasteiger partial charge >= 0.3 is 5.97 Å². The van der Waals surface area contributed by atoms with E-state index in [-0.39, 0.29) is 35.5 Å². The van der Waals surface area contributed by atoms with Crippen molar-refractivity contribution in [2.24, 2.45) is 23.7 Å². The van der Waals surface area contributed by atoms with Gasteiger partial charge in [0.25, 0.3) is 5.91 Å². The second-order valence-electron chi connectivity index (χ2n) is 8.30. The quantitative estimate of drug-likeness (QED) is 0.498. The van der Waals surface area contributed by atoms with E-state index < -0.39 is 24.5 Å². The number of ether oxygens (including phenoxy) is 1. The molecule has 1 heterocycles. The molecule has 160 valence electrons. The molecule has 1 N–H and O–H groups in total. The van der Waals surface area contributed by atoms with Gasteiger partial charge < -0.3 is 10.1 Å². The minimum absolute atomic E-state index is 0.247. The maximum atomic E-state index is 12.8. The molecule has 7 nitrogen and oxygen atoms in total. The smallest absolute Gasteiger partial charge is 0.329 e. The number of imide groups is 1. The molecule has 0 unspecified atom stereocenters. The van der Waals surface area contributed by atoms with E-state index in [0.29, 0.717) is 20.7 Å². The van der Waals surface area contributed by atoms with Crippen LogP contribution in [-0.4, -0.2) is 41.2 Å². The number of nitrogens with zero attached hydrogens (tertiary/aromatic N) is 1. The molecule has 3 amide bonds. The topological polar surface area (TPSA) is 92.8 Å². The maximum absolute atomic E-state index is 12.8. The highest BCUT2D eigenvalue weighted by atomic mass is 79.9. The molecule has 3 fully saturated rings. The number of carbonyl (C=O) groups excluding carboxylic acids is 4. The predicted octanol–water partition coefficient (Wildman–Crippen LogP) is 3.31. The molecule has 1 aromatic rings. The summed E-state index contributed by atoms with van der Waals surface area (Å²) in [6.45, 7) is 2.70. The monoisotopic (exact) mass is 496 g/mol. The van der Waals surface area contributed by atoms with Gasteiger partial charge in [-0.2, -0.15) is 0 Å². The summed E-state index contributed by atoms with van der Waals surface area (Å²) in [5.74, 6) is -1.94. The average Bonchev–Trinajstić information content (AvgIpc) is 3.40. The fraction of sp³-hybridized carbons (Fsp3) is 0.524. The van der Waals surface area contributed by atoms with Gasteiger partial charge in [0.05, 0.1) is 16.9 Å². The summed E-state index contributed by atoms with van der Waals surface area (Å²) in [5, 5.41) is 3.12. The largest absolute Gasteiger partial charge is 0.454 e. The van der Waals surface area contributed by atoms with Crippen molar-refractivity contribution in [1.29, 1.82) is 0 Å². The minimum atomic E-state index is -1.05. The van der Waals surface area contributed by atoms with Crippen molar-refractivity contribution in [2.75, 3.05) is 11.9 Å². The lowest BCUT2D eigenvalue weighted by Crippen LogP contribution is -2.45. The number of rotatable bonds is 5. The fourth-order valence-electron chi connectivity index (χ4n) is 5.15. The minimum Gasteiger partial charge on any atom is -0.454 e. The number of esters is 1. The number of amides is 3. The van der Waals surface area contributed by atoms with Gasteiger partial charge in [-0.05, 0) is 78.6 Å². The Morgan fingerprint density at radius 2 is 1.83 bits per heavy atom. The third-order valence-electron chi connectivity index (χ3n) is 6.65. The second-order valence-corrected chi connectivity index (χ2v) is 9.53. The van der Waals surface area contributed by atoms with Gasteiger partial charge in [-0.15, -0.1) is 0 Å². The Balaban J connectivity index is 1.35. The van der Waals surface area contributed by atoms with Crippen LogP contribution in [0.2, 0.25) is 5.02 Å². The van der Waals surface area contributed by atoms with Crippen LogP contribution in [0.25, 0.3) is 0 Å². The highest BCUT2D eigenvalue weighted by Crippen LogP contribution is 2.56. The number of likely N-dealkylation sites (tertiary alicyclic amines) is 1. The zero-order valence-electron chi connectivity index (χ0n) is 16.6. The average molecular weight is 498 g/mol. The highest BCUT2D eigenvalue weighted by Gasteiger charge is 2.62. The number of anilines is 1. The molecule has 5 atom stereocenters. The molecule has 1 aromatic carbocycles. The fourth-order valence-corrected chi connectivity index (χ4v) is 5.74. The van der Waals surface area contributed by atoms with Crippen LogP contribution in [0.15, 0.2) is 16.6 Å². The molecular formula is C21H22BrClN2O5. The van der Waals surface area contributed by atoms with Gasteiger partial charge in [0, 0.05) is 10.2 Å². The van der Waals surface area contributed by atoms with Gasteiger partial charge in [-0.25, -0.2) is 4.79 Å². The number of carbonyl (C=O) groups is 4. The summed E-state index contributed by atoms with van der Waals surface area (Å²) in [4.78, 5) is 51.3. The molecule has 2 aliphatic carbocycles. The van der Waals surface area contributed by atoms with E-state index in [1.54, 1.807) is 19.1 Å². The molecule has 2 bridgehead atoms. The SMILES string of the molecule is Cc1c(NC(=O)COC(=O)[C@H](C)N2C(=O)[C@@H]3[C@H]4CC[C@@H](C4)[C@@H]3C2=O)ccc(Br)c1Cl. The Kier molecular flexibility index (Phi) is 5.66. The number of halogens is 2. The van der Waals surface area contributed by atoms with Crippen LogP contribution in [0.5, 0.6) is 0 Å². The lowest BCUT2D eigenvalue weighted by Gasteiger charge is -2.23. The van der Waals surface area contributed by atoms with Crippen LogP contribution >= 0.6 is 27.5 Å². The highest BCUT2D eigenvalue weighted by molar-refractivity contribution is 9.10. The van der Waals surface area contributed by atoms with Crippen LogP contribution in [0.1, 0.15) is 31.7 Å². The van der Waals surface area contributed by atoms with Gasteiger partial charge in [-0.1, -0.05) is 11.6 Å². The molecule has 9 heteroatoms. The summed E-state index contributed by atoms with van der Waals surface area (Å²) in [5.41, 5.74) is 1.18. The zero-order valence-corrected chi connectivity index (χ0v) is 19.0. The van der Waals surface area contributed by atoms with Crippen molar-refractivity contribution in [2.45, 2.75) is 39.2 Å². The van der Waals surface area contributed by atoms with Crippen LogP contribution in [0.3, 0.4) is 0 Å². The van der Waals surface area contributed by atoms with Gasteiger partial charge in [0.15, 0.2) is 6.61 Å². The molecule has 2 saturated carbocycles. The molecule has 0 radical (unpaired) electrons.